The van der Waals surface area contributed by atoms with E-state index in [2.05, 4.69) is 57.0 Å². The van der Waals surface area contributed by atoms with Crippen LogP contribution in [0.3, 0.4) is 0 Å². The van der Waals surface area contributed by atoms with E-state index >= 15 is 0 Å². The van der Waals surface area contributed by atoms with Crippen LogP contribution in [0.25, 0.3) is 10.8 Å². The fourth-order valence-corrected chi connectivity index (χ4v) is 5.36. The molecule has 186 valence electrons. The second kappa shape index (κ2) is 9.96. The van der Waals surface area contributed by atoms with Gasteiger partial charge >= 0.3 is 0 Å². The third-order valence-corrected chi connectivity index (χ3v) is 7.48. The van der Waals surface area contributed by atoms with Gasteiger partial charge in [-0.05, 0) is 85.5 Å². The fraction of sp³-hybridized carbons (Fsp3) is 0.393. The van der Waals surface area contributed by atoms with Crippen molar-refractivity contribution in [1.82, 2.24) is 9.80 Å². The topological polar surface area (TPSA) is 51.2 Å². The minimum absolute atomic E-state index is 0. The second-order valence-electron chi connectivity index (χ2n) is 9.21. The van der Waals surface area contributed by atoms with Crippen molar-refractivity contribution in [3.8, 4) is 17.2 Å². The van der Waals surface area contributed by atoms with E-state index in [1.165, 1.54) is 16.3 Å². The van der Waals surface area contributed by atoms with E-state index in [1.54, 1.807) is 7.11 Å². The highest BCUT2D eigenvalue weighted by molar-refractivity contribution is 5.97. The molecule has 2 aliphatic heterocycles. The van der Waals surface area contributed by atoms with Crippen molar-refractivity contribution in [1.29, 1.82) is 0 Å². The molecule has 3 aromatic rings. The molecule has 7 heteroatoms. The van der Waals surface area contributed by atoms with Gasteiger partial charge < -0.3 is 19.1 Å². The van der Waals surface area contributed by atoms with Crippen LogP contribution in [0, 0.1) is 6.92 Å². The van der Waals surface area contributed by atoms with Crippen LogP contribution < -0.4 is 14.2 Å². The summed E-state index contributed by atoms with van der Waals surface area (Å²) in [4.78, 5) is 17.9. The summed E-state index contributed by atoms with van der Waals surface area (Å²) in [5.74, 6) is 2.36. The Morgan fingerprint density at radius 2 is 1.86 bits per heavy atom. The molecule has 0 aromatic heterocycles. The first-order valence-electron chi connectivity index (χ1n) is 12.0. The van der Waals surface area contributed by atoms with Crippen molar-refractivity contribution >= 4 is 29.1 Å². The number of amides is 1. The Labute approximate surface area is 213 Å². The summed E-state index contributed by atoms with van der Waals surface area (Å²) in [6.07, 6.45) is 1.65. The van der Waals surface area contributed by atoms with Gasteiger partial charge in [-0.2, -0.15) is 0 Å². The molecule has 35 heavy (non-hydrogen) atoms. The molecule has 5 rings (SSSR count). The van der Waals surface area contributed by atoms with Crippen LogP contribution in [-0.4, -0.2) is 49.4 Å². The molecule has 2 atom stereocenters. The third kappa shape index (κ3) is 4.30. The number of halogens is 1. The van der Waals surface area contributed by atoms with Gasteiger partial charge in [0, 0.05) is 18.2 Å². The van der Waals surface area contributed by atoms with E-state index in [0.29, 0.717) is 12.3 Å². The Morgan fingerprint density at radius 3 is 2.57 bits per heavy atom. The number of carbonyl (C=O) groups excluding carboxylic acids is 1. The minimum Gasteiger partial charge on any atom is -0.496 e. The van der Waals surface area contributed by atoms with Crippen molar-refractivity contribution in [2.45, 2.75) is 45.8 Å². The number of ether oxygens (including phenoxy) is 3. The summed E-state index contributed by atoms with van der Waals surface area (Å²) >= 11 is 0. The minimum atomic E-state index is -0.00521. The third-order valence-electron chi connectivity index (χ3n) is 7.48. The van der Waals surface area contributed by atoms with E-state index in [4.69, 9.17) is 14.2 Å². The molecule has 0 radical (unpaired) electrons. The van der Waals surface area contributed by atoms with Crippen molar-refractivity contribution in [3.05, 3.63) is 64.7 Å². The Morgan fingerprint density at radius 1 is 1.11 bits per heavy atom. The zero-order valence-corrected chi connectivity index (χ0v) is 21.8. The van der Waals surface area contributed by atoms with Gasteiger partial charge in [0.15, 0.2) is 11.5 Å². The molecule has 0 saturated carbocycles. The highest BCUT2D eigenvalue weighted by Crippen LogP contribution is 2.38. The lowest BCUT2D eigenvalue weighted by Gasteiger charge is -2.42. The molecule has 0 bridgehead atoms. The van der Waals surface area contributed by atoms with Crippen molar-refractivity contribution < 1.29 is 19.0 Å². The maximum absolute atomic E-state index is 13.5. The average molecular weight is 497 g/mol. The number of nitrogens with zero attached hydrogens (tertiary/aromatic N) is 2. The Bertz CT molecular complexity index is 1260. The van der Waals surface area contributed by atoms with Crippen LogP contribution in [0.2, 0.25) is 0 Å². The Balaban J connectivity index is 0.00000289. The van der Waals surface area contributed by atoms with Gasteiger partial charge in [0.05, 0.1) is 13.3 Å². The fourth-order valence-electron chi connectivity index (χ4n) is 5.36. The number of methoxy groups -OCH3 is 1. The smallest absolute Gasteiger partial charge is 0.255 e. The monoisotopic (exact) mass is 496 g/mol. The number of fused-ring (bicyclic) bond motifs is 3. The van der Waals surface area contributed by atoms with E-state index in [0.717, 1.165) is 41.0 Å². The first-order chi connectivity index (χ1) is 16.4. The number of hydrogen-bond acceptors (Lipinski definition) is 5. The predicted molar refractivity (Wildman–Crippen MR) is 140 cm³/mol. The number of carbonyl (C=O) groups is 1. The summed E-state index contributed by atoms with van der Waals surface area (Å²) in [6.45, 7) is 7.35. The molecule has 2 heterocycles. The van der Waals surface area contributed by atoms with Gasteiger partial charge in [-0.3, -0.25) is 9.69 Å². The van der Waals surface area contributed by atoms with Crippen LogP contribution >= 0.6 is 12.4 Å². The summed E-state index contributed by atoms with van der Waals surface area (Å²) in [5, 5.41) is 2.40. The highest BCUT2D eigenvalue weighted by atomic mass is 35.5. The quantitative estimate of drug-likeness (QED) is 0.436. The standard InChI is InChI=1S/C28H32N2O4.ClH/c1-6-27(30-12-11-21-14-25-26(34-16-33-25)15-23(21)28(30)31)29(4)18(3)19-7-9-22-17(2)24(32-5)10-8-20(22)13-19;/h7-10,13-15,18,27H,6,11-12,16H2,1-5H3;1H. The van der Waals surface area contributed by atoms with Crippen LogP contribution in [-0.2, 0) is 6.42 Å². The van der Waals surface area contributed by atoms with E-state index in [-0.39, 0.29) is 37.3 Å². The first-order valence-corrected chi connectivity index (χ1v) is 12.0. The molecule has 0 N–H and O–H groups in total. The van der Waals surface area contributed by atoms with Gasteiger partial charge in [-0.15, -0.1) is 12.4 Å². The summed E-state index contributed by atoms with van der Waals surface area (Å²) in [5.41, 5.74) is 4.14. The zero-order chi connectivity index (χ0) is 24.0. The molecule has 0 fully saturated rings. The van der Waals surface area contributed by atoms with Gasteiger partial charge in [-0.25, -0.2) is 0 Å². The molecular weight excluding hydrogens is 464 g/mol. The molecular formula is C28H33ClN2O4. The van der Waals surface area contributed by atoms with Crippen LogP contribution in [0.15, 0.2) is 42.5 Å². The lowest BCUT2D eigenvalue weighted by molar-refractivity contribution is 0.0234. The molecule has 1 amide bonds. The van der Waals surface area contributed by atoms with Gasteiger partial charge in [0.2, 0.25) is 6.79 Å². The number of rotatable bonds is 6. The molecule has 6 nitrogen and oxygen atoms in total. The molecule has 2 aliphatic rings. The average Bonchev–Trinajstić information content (AvgIpc) is 3.32. The first kappa shape index (κ1) is 25.1. The lowest BCUT2D eigenvalue weighted by atomic mass is 9.96. The van der Waals surface area contributed by atoms with Crippen LogP contribution in [0.4, 0.5) is 0 Å². The van der Waals surface area contributed by atoms with Crippen molar-refractivity contribution in [2.24, 2.45) is 0 Å². The molecule has 0 aliphatic carbocycles. The predicted octanol–water partition coefficient (Wildman–Crippen LogP) is 5.73. The Kier molecular flexibility index (Phi) is 7.15. The zero-order valence-electron chi connectivity index (χ0n) is 21.0. The molecule has 0 saturated heterocycles. The summed E-state index contributed by atoms with van der Waals surface area (Å²) in [7, 11) is 3.82. The normalized spacial score (nSPS) is 16.2. The van der Waals surface area contributed by atoms with E-state index in [1.807, 2.05) is 23.1 Å². The van der Waals surface area contributed by atoms with Crippen LogP contribution in [0.5, 0.6) is 17.2 Å². The highest BCUT2D eigenvalue weighted by Gasteiger charge is 2.34. The molecule has 0 spiro atoms. The van der Waals surface area contributed by atoms with Crippen molar-refractivity contribution in [3.63, 3.8) is 0 Å². The van der Waals surface area contributed by atoms with Gasteiger partial charge in [0.1, 0.15) is 5.75 Å². The lowest BCUT2D eigenvalue weighted by Crippen LogP contribution is -2.52. The van der Waals surface area contributed by atoms with E-state index in [9.17, 15) is 4.79 Å². The number of aryl methyl sites for hydroxylation is 1. The van der Waals surface area contributed by atoms with Gasteiger partial charge in [-0.1, -0.05) is 25.1 Å². The SMILES string of the molecule is CCC(N1CCc2cc3c(cc2C1=O)OCO3)N(C)C(C)c1ccc2c(C)c(OC)ccc2c1.Cl. The summed E-state index contributed by atoms with van der Waals surface area (Å²) < 4.78 is 16.5. The van der Waals surface area contributed by atoms with Crippen LogP contribution in [0.1, 0.15) is 53.4 Å². The van der Waals surface area contributed by atoms with Gasteiger partial charge in [0.25, 0.3) is 5.91 Å². The Hall–Kier alpha value is -2.96. The maximum Gasteiger partial charge on any atom is 0.255 e. The van der Waals surface area contributed by atoms with Crippen molar-refractivity contribution in [2.75, 3.05) is 27.5 Å². The molecule has 3 aromatic carbocycles. The van der Waals surface area contributed by atoms with E-state index < -0.39 is 0 Å². The maximum atomic E-state index is 13.5. The largest absolute Gasteiger partial charge is 0.496 e. The number of hydrogen-bond donors (Lipinski definition) is 0. The summed E-state index contributed by atoms with van der Waals surface area (Å²) in [6, 6.07) is 14.7. The molecule has 2 unspecified atom stereocenters. The number of benzene rings is 3. The second-order valence-corrected chi connectivity index (χ2v) is 9.21.